The molecule has 0 unspecified atom stereocenters. The van der Waals surface area contributed by atoms with Gasteiger partial charge >= 0.3 is 0 Å². The minimum atomic E-state index is -0.488. The fourth-order valence-corrected chi connectivity index (χ4v) is 0.962. The summed E-state index contributed by atoms with van der Waals surface area (Å²) in [5.41, 5.74) is 1.22. The van der Waals surface area contributed by atoms with E-state index in [0.29, 0.717) is 17.0 Å². The Bertz CT molecular complexity index is 421. The van der Waals surface area contributed by atoms with Gasteiger partial charge in [0.15, 0.2) is 0 Å². The summed E-state index contributed by atoms with van der Waals surface area (Å²) in [6, 6.07) is 1.42. The number of aryl methyl sites for hydroxylation is 1. The molecule has 0 aromatic carbocycles. The van der Waals surface area contributed by atoms with Gasteiger partial charge in [0, 0.05) is 6.07 Å². The molecule has 1 aromatic heterocycles. The van der Waals surface area contributed by atoms with Crippen LogP contribution < -0.4 is 0 Å². The second-order valence-electron chi connectivity index (χ2n) is 2.54. The lowest BCUT2D eigenvalue weighted by atomic mass is 10.2. The van der Waals surface area contributed by atoms with Crippen LogP contribution in [-0.4, -0.2) is 15.7 Å². The normalized spacial score (nSPS) is 9.00. The van der Waals surface area contributed by atoms with E-state index in [9.17, 15) is 10.1 Å². The summed E-state index contributed by atoms with van der Waals surface area (Å²) in [7, 11) is 0. The molecule has 1 aromatic rings. The zero-order chi connectivity index (χ0) is 10.6. The van der Waals surface area contributed by atoms with Crippen LogP contribution in [0, 0.1) is 28.9 Å². The monoisotopic (exact) mass is 208 g/mol. The summed E-state index contributed by atoms with van der Waals surface area (Å²) in [4.78, 5) is 13.8. The zero-order valence-electron chi connectivity index (χ0n) is 7.52. The van der Waals surface area contributed by atoms with E-state index >= 15 is 0 Å². The maximum Gasteiger partial charge on any atom is 0.288 e. The van der Waals surface area contributed by atoms with E-state index in [2.05, 4.69) is 29.5 Å². The van der Waals surface area contributed by atoms with E-state index in [1.807, 2.05) is 0 Å². The highest BCUT2D eigenvalue weighted by Crippen LogP contribution is 2.13. The molecular formula is C9H8N2O2S. The molecule has 0 spiro atoms. The van der Waals surface area contributed by atoms with Gasteiger partial charge in [-0.1, -0.05) is 11.8 Å². The molecule has 1 rings (SSSR count). The largest absolute Gasteiger partial charge is 0.288 e. The molecule has 0 aliphatic rings. The van der Waals surface area contributed by atoms with Crippen molar-refractivity contribution in [1.82, 2.24) is 4.98 Å². The van der Waals surface area contributed by atoms with Crippen molar-refractivity contribution in [1.29, 1.82) is 0 Å². The average Bonchev–Trinajstić information content (AvgIpc) is 2.16. The molecule has 0 amide bonds. The van der Waals surface area contributed by atoms with Gasteiger partial charge in [-0.15, -0.1) is 0 Å². The Morgan fingerprint density at radius 2 is 2.43 bits per heavy atom. The Balaban J connectivity index is 3.14. The molecule has 0 radical (unpaired) electrons. The van der Waals surface area contributed by atoms with Crippen LogP contribution in [-0.2, 0) is 0 Å². The van der Waals surface area contributed by atoms with E-state index in [0.717, 1.165) is 0 Å². The van der Waals surface area contributed by atoms with Crippen molar-refractivity contribution in [2.75, 3.05) is 5.75 Å². The van der Waals surface area contributed by atoms with Crippen LogP contribution in [0.5, 0.6) is 0 Å². The lowest BCUT2D eigenvalue weighted by Gasteiger charge is -1.96. The number of hydrogen-bond acceptors (Lipinski definition) is 4. The quantitative estimate of drug-likeness (QED) is 0.330. The van der Waals surface area contributed by atoms with E-state index in [-0.39, 0.29) is 5.69 Å². The van der Waals surface area contributed by atoms with Crippen molar-refractivity contribution in [2.45, 2.75) is 6.92 Å². The number of nitrogens with zero attached hydrogens (tertiary/aromatic N) is 2. The maximum atomic E-state index is 10.4. The number of hydrogen-bond donors (Lipinski definition) is 1. The third-order valence-electron chi connectivity index (χ3n) is 1.59. The highest BCUT2D eigenvalue weighted by Gasteiger charge is 2.07. The first-order chi connectivity index (χ1) is 6.65. The Hall–Kier alpha value is -1.54. The Morgan fingerprint density at radius 1 is 1.71 bits per heavy atom. The first kappa shape index (κ1) is 10.5. The third-order valence-corrected chi connectivity index (χ3v) is 1.74. The van der Waals surface area contributed by atoms with Gasteiger partial charge in [0.1, 0.15) is 6.20 Å². The van der Waals surface area contributed by atoms with Crippen LogP contribution >= 0.6 is 12.6 Å². The third kappa shape index (κ3) is 2.47. The first-order valence-electron chi connectivity index (χ1n) is 3.86. The molecule has 0 saturated heterocycles. The van der Waals surface area contributed by atoms with Crippen molar-refractivity contribution < 1.29 is 4.92 Å². The molecule has 1 heterocycles. The molecular weight excluding hydrogens is 200 g/mol. The number of nitro groups is 1. The number of rotatable bonds is 1. The number of thiol groups is 1. The van der Waals surface area contributed by atoms with Gasteiger partial charge in [-0.25, -0.2) is 0 Å². The fourth-order valence-electron chi connectivity index (χ4n) is 0.883. The molecule has 0 fully saturated rings. The second kappa shape index (κ2) is 4.63. The lowest BCUT2D eigenvalue weighted by Crippen LogP contribution is -1.93. The van der Waals surface area contributed by atoms with Gasteiger partial charge in [0.2, 0.25) is 0 Å². The predicted octanol–water partition coefficient (Wildman–Crippen LogP) is 1.58. The van der Waals surface area contributed by atoms with Crippen molar-refractivity contribution in [2.24, 2.45) is 0 Å². The smallest absolute Gasteiger partial charge is 0.258 e. The molecule has 0 saturated carbocycles. The van der Waals surface area contributed by atoms with Crippen LogP contribution in [0.2, 0.25) is 0 Å². The molecule has 0 aliphatic carbocycles. The number of aromatic nitrogens is 1. The molecule has 0 aliphatic heterocycles. The van der Waals surface area contributed by atoms with E-state index in [1.165, 1.54) is 12.3 Å². The second-order valence-corrected chi connectivity index (χ2v) is 2.86. The van der Waals surface area contributed by atoms with Gasteiger partial charge in [0.25, 0.3) is 5.69 Å². The molecule has 72 valence electrons. The molecule has 0 atom stereocenters. The van der Waals surface area contributed by atoms with Crippen LogP contribution in [0.4, 0.5) is 5.69 Å². The molecule has 5 heteroatoms. The van der Waals surface area contributed by atoms with Crippen molar-refractivity contribution >= 4 is 18.3 Å². The van der Waals surface area contributed by atoms with E-state index in [4.69, 9.17) is 0 Å². The topological polar surface area (TPSA) is 56.0 Å². The predicted molar refractivity (Wildman–Crippen MR) is 56.4 cm³/mol. The minimum Gasteiger partial charge on any atom is -0.258 e. The number of pyridine rings is 1. The van der Waals surface area contributed by atoms with Crippen LogP contribution in [0.25, 0.3) is 0 Å². The summed E-state index contributed by atoms with van der Waals surface area (Å²) in [5, 5.41) is 10.4. The Labute approximate surface area is 86.9 Å². The van der Waals surface area contributed by atoms with E-state index < -0.39 is 4.92 Å². The molecule has 0 bridgehead atoms. The molecule has 14 heavy (non-hydrogen) atoms. The summed E-state index contributed by atoms with van der Waals surface area (Å²) in [6.45, 7) is 1.76. The van der Waals surface area contributed by atoms with Crippen LogP contribution in [0.3, 0.4) is 0 Å². The van der Waals surface area contributed by atoms with Gasteiger partial charge in [-0.2, -0.15) is 12.6 Å². The van der Waals surface area contributed by atoms with Crippen LogP contribution in [0.1, 0.15) is 11.3 Å². The van der Waals surface area contributed by atoms with E-state index in [1.54, 1.807) is 6.92 Å². The van der Waals surface area contributed by atoms with Crippen molar-refractivity contribution in [3.63, 3.8) is 0 Å². The van der Waals surface area contributed by atoms with Gasteiger partial charge in [-0.05, 0) is 6.92 Å². The molecule has 0 N–H and O–H groups in total. The summed E-state index contributed by atoms with van der Waals surface area (Å²) in [5.74, 6) is 5.91. The molecule has 4 nitrogen and oxygen atoms in total. The lowest BCUT2D eigenvalue weighted by molar-refractivity contribution is -0.385. The summed E-state index contributed by atoms with van der Waals surface area (Å²) < 4.78 is 0. The standard InChI is InChI=1S/C9H8N2O2S/c1-7-8(3-2-4-14)5-9(6-10-7)11(12)13/h5-6,14H,4H2,1H3. The maximum absolute atomic E-state index is 10.4. The van der Waals surface area contributed by atoms with Gasteiger partial charge in [-0.3, -0.25) is 15.1 Å². The highest BCUT2D eigenvalue weighted by molar-refractivity contribution is 7.80. The Kier molecular flexibility index (Phi) is 3.48. The summed E-state index contributed by atoms with van der Waals surface area (Å²) in [6.07, 6.45) is 1.22. The zero-order valence-corrected chi connectivity index (χ0v) is 8.41. The van der Waals surface area contributed by atoms with Crippen molar-refractivity contribution in [3.05, 3.63) is 33.6 Å². The first-order valence-corrected chi connectivity index (χ1v) is 4.49. The fraction of sp³-hybridized carbons (Fsp3) is 0.222. The van der Waals surface area contributed by atoms with Gasteiger partial charge in [0.05, 0.1) is 21.9 Å². The SMILES string of the molecule is Cc1ncc([N+](=O)[O-])cc1C#CCS. The summed E-state index contributed by atoms with van der Waals surface area (Å²) >= 11 is 3.92. The highest BCUT2D eigenvalue weighted by atomic mass is 32.1. The average molecular weight is 208 g/mol. The van der Waals surface area contributed by atoms with Crippen molar-refractivity contribution in [3.8, 4) is 11.8 Å². The Morgan fingerprint density at radius 3 is 3.00 bits per heavy atom. The van der Waals surface area contributed by atoms with Crippen LogP contribution in [0.15, 0.2) is 12.3 Å². The minimum absolute atomic E-state index is 0.0425. The van der Waals surface area contributed by atoms with Gasteiger partial charge < -0.3 is 0 Å².